The van der Waals surface area contributed by atoms with Crippen LogP contribution in [0.15, 0.2) is 20.1 Å². The molecule has 4 N–H and O–H groups in total. The van der Waals surface area contributed by atoms with Crippen molar-refractivity contribution in [1.82, 2.24) is 13.5 Å². The Morgan fingerprint density at radius 2 is 1.97 bits per heavy atom. The van der Waals surface area contributed by atoms with Crippen molar-refractivity contribution in [3.8, 4) is 5.75 Å². The molecule has 0 bridgehead atoms. The fourth-order valence-corrected chi connectivity index (χ4v) is 5.85. The number of anilines is 3. The van der Waals surface area contributed by atoms with Gasteiger partial charge in [-0.15, -0.1) is 11.3 Å². The first kappa shape index (κ1) is 23.5. The highest BCUT2D eigenvalue weighted by atomic mass is 32.2. The van der Waals surface area contributed by atoms with Crippen molar-refractivity contribution in [1.29, 1.82) is 0 Å². The number of hydrogen-bond donors (Lipinski definition) is 4. The van der Waals surface area contributed by atoms with Crippen LogP contribution in [0.1, 0.15) is 43.9 Å². The van der Waals surface area contributed by atoms with Gasteiger partial charge in [-0.25, -0.2) is 13.1 Å². The van der Waals surface area contributed by atoms with E-state index in [9.17, 15) is 18.1 Å². The van der Waals surface area contributed by atoms with Gasteiger partial charge in [-0.05, 0) is 31.4 Å². The Bertz CT molecular complexity index is 1150. The molecule has 10 nitrogen and oxygen atoms in total. The molecule has 0 aliphatic heterocycles. The summed E-state index contributed by atoms with van der Waals surface area (Å²) in [6.45, 7) is 9.68. The zero-order chi connectivity index (χ0) is 22.9. The molecule has 3 aromatic heterocycles. The lowest BCUT2D eigenvalue weighted by Crippen LogP contribution is -2.22. The van der Waals surface area contributed by atoms with E-state index >= 15 is 0 Å². The van der Waals surface area contributed by atoms with Gasteiger partial charge in [0.15, 0.2) is 21.1 Å². The van der Waals surface area contributed by atoms with Crippen molar-refractivity contribution in [3.63, 3.8) is 0 Å². The number of sulfonamides is 1. The fraction of sp³-hybridized carbons (Fsp3) is 0.444. The van der Waals surface area contributed by atoms with Crippen LogP contribution in [0.2, 0.25) is 0 Å². The summed E-state index contributed by atoms with van der Waals surface area (Å²) >= 11 is -0.991. The largest absolute Gasteiger partial charge is 0.546 e. The summed E-state index contributed by atoms with van der Waals surface area (Å²) in [6, 6.07) is 1.67. The standard InChI is InChI=1S/C18H25N5O5S3/c1-6-19-31(26,27)18-15(24)12(8-29-18)20-16-17(23-30(25)22-16)21-14(9(2)3)13-7-10(4)11(5)28-13/h7-9,14,19,24H,6H2,1-5H3,(H,20,22)(H,21,23)/t14-,30?/m1/s1. The normalized spacial score (nSPS) is 13.6. The van der Waals surface area contributed by atoms with Crippen LogP contribution >= 0.6 is 22.5 Å². The minimum Gasteiger partial charge on any atom is -0.546 e. The Morgan fingerprint density at radius 1 is 1.29 bits per heavy atom. The maximum Gasteiger partial charge on any atom is 0.253 e. The van der Waals surface area contributed by atoms with Crippen LogP contribution in [-0.2, 0) is 10.0 Å². The second kappa shape index (κ2) is 9.12. The number of rotatable bonds is 9. The first-order valence-electron chi connectivity index (χ1n) is 9.53. The molecule has 1 unspecified atom stereocenters. The highest BCUT2D eigenvalue weighted by Gasteiger charge is 2.28. The molecule has 0 saturated heterocycles. The van der Waals surface area contributed by atoms with Crippen LogP contribution in [-0.4, -0.2) is 33.4 Å². The monoisotopic (exact) mass is 487 g/mol. The molecule has 31 heavy (non-hydrogen) atoms. The lowest BCUT2D eigenvalue weighted by molar-refractivity contribution is 0.407. The molecule has 0 radical (unpaired) electrons. The fourth-order valence-electron chi connectivity index (χ4n) is 2.90. The van der Waals surface area contributed by atoms with Gasteiger partial charge in [0.05, 0.1) is 11.7 Å². The molecule has 13 heteroatoms. The van der Waals surface area contributed by atoms with Gasteiger partial charge < -0.3 is 24.7 Å². The van der Waals surface area contributed by atoms with E-state index in [-0.39, 0.29) is 40.0 Å². The van der Waals surface area contributed by atoms with Gasteiger partial charge in [0.25, 0.3) is 10.0 Å². The number of nitrogens with one attached hydrogen (secondary N) is 3. The average molecular weight is 488 g/mol. The molecule has 0 fully saturated rings. The molecule has 0 spiro atoms. The molecule has 2 atom stereocenters. The quantitative estimate of drug-likeness (QED) is 0.328. The minimum atomic E-state index is -3.83. The van der Waals surface area contributed by atoms with Crippen LogP contribution in [0.4, 0.5) is 17.3 Å². The van der Waals surface area contributed by atoms with E-state index in [0.29, 0.717) is 5.76 Å². The van der Waals surface area contributed by atoms with Crippen molar-refractivity contribution in [2.45, 2.75) is 44.9 Å². The number of furan rings is 1. The summed E-state index contributed by atoms with van der Waals surface area (Å²) in [5.74, 6) is 1.54. The predicted molar refractivity (Wildman–Crippen MR) is 120 cm³/mol. The lowest BCUT2D eigenvalue weighted by Gasteiger charge is -2.19. The average Bonchev–Trinajstić information content (AvgIpc) is 3.31. The highest BCUT2D eigenvalue weighted by molar-refractivity contribution is 7.91. The number of aromatic hydroxyl groups is 1. The Morgan fingerprint density at radius 3 is 2.55 bits per heavy atom. The first-order valence-corrected chi connectivity index (χ1v) is 13.0. The van der Waals surface area contributed by atoms with Crippen molar-refractivity contribution < 1.29 is 22.5 Å². The molecule has 3 heterocycles. The molecule has 0 amide bonds. The number of thiophene rings is 1. The van der Waals surface area contributed by atoms with Gasteiger partial charge in [-0.1, -0.05) is 20.8 Å². The molecule has 0 saturated carbocycles. The number of aromatic nitrogens is 2. The van der Waals surface area contributed by atoms with Crippen LogP contribution in [0.5, 0.6) is 5.75 Å². The third-order valence-electron chi connectivity index (χ3n) is 4.58. The third-order valence-corrected chi connectivity index (χ3v) is 8.31. The number of nitrogens with zero attached hydrogens (tertiary/aromatic N) is 2. The Balaban J connectivity index is 1.90. The summed E-state index contributed by atoms with van der Waals surface area (Å²) in [6.07, 6.45) is 0. The van der Waals surface area contributed by atoms with Crippen LogP contribution in [0.3, 0.4) is 0 Å². The number of hydrogen-bond acceptors (Lipinski definition) is 10. The first-order chi connectivity index (χ1) is 14.5. The van der Waals surface area contributed by atoms with E-state index in [1.807, 2.05) is 33.8 Å². The van der Waals surface area contributed by atoms with E-state index in [4.69, 9.17) is 4.42 Å². The van der Waals surface area contributed by atoms with Gasteiger partial charge >= 0.3 is 0 Å². The van der Waals surface area contributed by atoms with E-state index in [1.54, 1.807) is 6.92 Å². The van der Waals surface area contributed by atoms with E-state index in [2.05, 4.69) is 24.1 Å². The highest BCUT2D eigenvalue weighted by Crippen LogP contribution is 2.41. The van der Waals surface area contributed by atoms with Gasteiger partial charge in [-0.2, -0.15) is 0 Å². The SMILES string of the molecule is CCNS(=O)(=O)c1scc(Nc2n[s+]([O-])nc2N[C@@H](c2cc(C)c(C)o2)C(C)C)c1O. The maximum absolute atomic E-state index is 12.2. The topological polar surface area (TPSA) is 152 Å². The minimum absolute atomic E-state index is 0.106. The summed E-state index contributed by atoms with van der Waals surface area (Å²) in [4.78, 5) is 0. The second-order valence-electron chi connectivity index (χ2n) is 7.28. The summed E-state index contributed by atoms with van der Waals surface area (Å²) < 4.78 is 52.4. The van der Waals surface area contributed by atoms with Gasteiger partial charge in [-0.3, -0.25) is 0 Å². The smallest absolute Gasteiger partial charge is 0.253 e. The summed E-state index contributed by atoms with van der Waals surface area (Å²) in [5, 5.41) is 17.9. The maximum atomic E-state index is 12.2. The zero-order valence-electron chi connectivity index (χ0n) is 17.7. The Kier molecular flexibility index (Phi) is 6.91. The Hall–Kier alpha value is -2.19. The summed E-state index contributed by atoms with van der Waals surface area (Å²) in [7, 11) is -3.83. The van der Waals surface area contributed by atoms with E-state index < -0.39 is 26.9 Å². The zero-order valence-corrected chi connectivity index (χ0v) is 20.2. The molecule has 3 rings (SSSR count). The molecule has 0 aliphatic rings. The molecule has 3 aromatic rings. The van der Waals surface area contributed by atoms with Crippen molar-refractivity contribution in [2.75, 3.05) is 17.2 Å². The Labute approximate surface area is 187 Å². The lowest BCUT2D eigenvalue weighted by atomic mass is 10.0. The van der Waals surface area contributed by atoms with Crippen LogP contribution in [0, 0.1) is 19.8 Å². The summed E-state index contributed by atoms with van der Waals surface area (Å²) in [5.41, 5.74) is 1.14. The molecular formula is C18H25N5O5S3. The van der Waals surface area contributed by atoms with E-state index in [1.165, 1.54) is 5.38 Å². The molecule has 170 valence electrons. The van der Waals surface area contributed by atoms with Crippen LogP contribution < -0.4 is 15.4 Å². The van der Waals surface area contributed by atoms with Gasteiger partial charge in [0.2, 0.25) is 11.6 Å². The molecule has 0 aromatic carbocycles. The molecular weight excluding hydrogens is 462 g/mol. The van der Waals surface area contributed by atoms with Crippen molar-refractivity contribution in [2.24, 2.45) is 5.92 Å². The molecule has 0 aliphatic carbocycles. The van der Waals surface area contributed by atoms with E-state index in [0.717, 1.165) is 22.7 Å². The van der Waals surface area contributed by atoms with Crippen LogP contribution in [0.25, 0.3) is 0 Å². The van der Waals surface area contributed by atoms with Crippen molar-refractivity contribution >= 4 is 49.8 Å². The predicted octanol–water partition coefficient (Wildman–Crippen LogP) is 4.03. The van der Waals surface area contributed by atoms with Gasteiger partial charge in [0, 0.05) is 20.7 Å². The second-order valence-corrected chi connectivity index (χ2v) is 10.9. The number of aryl methyl sites for hydroxylation is 2. The van der Waals surface area contributed by atoms with Gasteiger partial charge in [0.1, 0.15) is 11.5 Å². The van der Waals surface area contributed by atoms with Crippen molar-refractivity contribution in [3.05, 3.63) is 28.5 Å². The third kappa shape index (κ3) is 5.01.